The van der Waals surface area contributed by atoms with Crippen molar-refractivity contribution in [2.75, 3.05) is 0 Å². The van der Waals surface area contributed by atoms with E-state index in [1.54, 1.807) is 0 Å². The molecule has 0 aliphatic rings. The minimum Gasteiger partial charge on any atom is -0.309 e. The number of pyridine rings is 1. The van der Waals surface area contributed by atoms with Crippen molar-refractivity contribution in [3.8, 4) is 17.1 Å². The Bertz CT molecular complexity index is 2670. The molecule has 0 aliphatic heterocycles. The third-order valence-corrected chi connectivity index (χ3v) is 9.27. The van der Waals surface area contributed by atoms with Crippen LogP contribution in [0.4, 0.5) is 0 Å². The van der Waals surface area contributed by atoms with Gasteiger partial charge in [0.2, 0.25) is 0 Å². The molecule has 4 aromatic heterocycles. The Morgan fingerprint density at radius 2 is 0.756 bits per heavy atom. The van der Waals surface area contributed by atoms with Crippen LogP contribution in [0.15, 0.2) is 158 Å². The van der Waals surface area contributed by atoms with Gasteiger partial charge in [0.05, 0.1) is 27.6 Å². The summed E-state index contributed by atoms with van der Waals surface area (Å²) in [4.78, 5) is 4.93. The van der Waals surface area contributed by atoms with E-state index in [1.807, 2.05) is 12.3 Å². The first-order valence-electron chi connectivity index (χ1n) is 15.3. The van der Waals surface area contributed by atoms with Crippen molar-refractivity contribution in [2.45, 2.75) is 0 Å². The molecule has 0 fully saturated rings. The van der Waals surface area contributed by atoms with E-state index in [2.05, 4.69) is 159 Å². The first kappa shape index (κ1) is 24.3. The second kappa shape index (κ2) is 9.18. The van der Waals surface area contributed by atoms with Gasteiger partial charge in [-0.2, -0.15) is 0 Å². The van der Waals surface area contributed by atoms with Crippen molar-refractivity contribution in [3.05, 3.63) is 158 Å². The summed E-state index contributed by atoms with van der Waals surface area (Å²) < 4.78 is 7.06. The van der Waals surface area contributed by atoms with E-state index in [4.69, 9.17) is 4.98 Å². The predicted molar refractivity (Wildman–Crippen MR) is 187 cm³/mol. The van der Waals surface area contributed by atoms with Crippen LogP contribution in [0, 0.1) is 0 Å². The first-order chi connectivity index (χ1) is 22.3. The molecule has 210 valence electrons. The van der Waals surface area contributed by atoms with Crippen molar-refractivity contribution in [1.29, 1.82) is 0 Å². The average molecular weight is 575 g/mol. The van der Waals surface area contributed by atoms with E-state index in [-0.39, 0.29) is 0 Å². The summed E-state index contributed by atoms with van der Waals surface area (Å²) in [5.41, 5.74) is 10.2. The summed E-state index contributed by atoms with van der Waals surface area (Å²) in [5.74, 6) is 0. The fourth-order valence-electron chi connectivity index (χ4n) is 7.41. The highest BCUT2D eigenvalue weighted by molar-refractivity contribution is 6.12. The summed E-state index contributed by atoms with van der Waals surface area (Å²) in [5, 5.41) is 7.36. The number of nitrogens with zero attached hydrogens (tertiary/aromatic N) is 4. The summed E-state index contributed by atoms with van der Waals surface area (Å²) in [7, 11) is 0. The Kier molecular flexibility index (Phi) is 4.96. The quantitative estimate of drug-likeness (QED) is 0.206. The third-order valence-electron chi connectivity index (χ3n) is 9.27. The molecule has 0 amide bonds. The molecular formula is C41H26N4. The van der Waals surface area contributed by atoms with E-state index in [0.29, 0.717) is 0 Å². The van der Waals surface area contributed by atoms with Crippen LogP contribution in [0.2, 0.25) is 0 Å². The van der Waals surface area contributed by atoms with Crippen molar-refractivity contribution in [2.24, 2.45) is 0 Å². The van der Waals surface area contributed by atoms with E-state index in [0.717, 1.165) is 33.6 Å². The molecule has 0 bridgehead atoms. The normalized spacial score (nSPS) is 12.0. The van der Waals surface area contributed by atoms with Gasteiger partial charge in [0, 0.05) is 55.6 Å². The fourth-order valence-corrected chi connectivity index (χ4v) is 7.41. The first-order valence-corrected chi connectivity index (χ1v) is 15.3. The third kappa shape index (κ3) is 3.39. The molecule has 10 rings (SSSR count). The zero-order chi connectivity index (χ0) is 29.5. The van der Waals surface area contributed by atoms with Gasteiger partial charge in [0.25, 0.3) is 0 Å². The predicted octanol–water partition coefficient (Wildman–Crippen LogP) is 10.4. The Labute approximate surface area is 258 Å². The molecular weight excluding hydrogens is 548 g/mol. The molecule has 4 heteroatoms. The molecule has 0 saturated heterocycles. The van der Waals surface area contributed by atoms with Gasteiger partial charge in [-0.3, -0.25) is 4.57 Å². The Hall–Kier alpha value is -6.13. The van der Waals surface area contributed by atoms with Crippen LogP contribution in [0.3, 0.4) is 0 Å². The lowest BCUT2D eigenvalue weighted by molar-refractivity contribution is 1.11. The molecule has 0 spiro atoms. The van der Waals surface area contributed by atoms with Gasteiger partial charge >= 0.3 is 0 Å². The highest BCUT2D eigenvalue weighted by atomic mass is 15.1. The average Bonchev–Trinajstić information content (AvgIpc) is 3.74. The maximum atomic E-state index is 4.93. The van der Waals surface area contributed by atoms with Crippen LogP contribution in [0.5, 0.6) is 0 Å². The van der Waals surface area contributed by atoms with Gasteiger partial charge < -0.3 is 9.13 Å². The van der Waals surface area contributed by atoms with E-state index < -0.39 is 0 Å². The summed E-state index contributed by atoms with van der Waals surface area (Å²) >= 11 is 0. The lowest BCUT2D eigenvalue weighted by Crippen LogP contribution is -1.99. The molecule has 0 aliphatic carbocycles. The van der Waals surface area contributed by atoms with Crippen LogP contribution in [-0.4, -0.2) is 18.7 Å². The second-order valence-electron chi connectivity index (χ2n) is 11.7. The van der Waals surface area contributed by atoms with Gasteiger partial charge in [-0.15, -0.1) is 0 Å². The highest BCUT2D eigenvalue weighted by Gasteiger charge is 2.18. The fraction of sp³-hybridized carbons (Fsp3) is 0. The highest BCUT2D eigenvalue weighted by Crippen LogP contribution is 2.37. The van der Waals surface area contributed by atoms with E-state index in [9.17, 15) is 0 Å². The summed E-state index contributed by atoms with van der Waals surface area (Å²) in [6.45, 7) is 0. The molecule has 0 atom stereocenters. The standard InChI is InChI=1S/C41H26N4/c1-5-18-36-30(13-1)31-14-2-6-19-37(31)43(36)27-11-9-12-28(25-27)45-40-23-22-29(26-35(40)34-17-10-24-42-41(34)45)44-38-20-7-3-15-32(38)33-16-4-8-21-39(33)44/h1-26H. The Morgan fingerprint density at radius 3 is 1.31 bits per heavy atom. The molecule has 4 heterocycles. The summed E-state index contributed by atoms with van der Waals surface area (Å²) in [6, 6.07) is 54.5. The number of fused-ring (bicyclic) bond motifs is 9. The maximum absolute atomic E-state index is 4.93. The van der Waals surface area contributed by atoms with Crippen LogP contribution in [0.1, 0.15) is 0 Å². The zero-order valence-electron chi connectivity index (χ0n) is 24.3. The topological polar surface area (TPSA) is 27.7 Å². The number of benzene rings is 6. The number of rotatable bonds is 3. The largest absolute Gasteiger partial charge is 0.309 e. The molecule has 0 saturated carbocycles. The lowest BCUT2D eigenvalue weighted by Gasteiger charge is -2.13. The monoisotopic (exact) mass is 574 g/mol. The SMILES string of the molecule is c1cc(-n2c3ccccc3c3ccccc32)cc(-n2c3ccc(-n4c5ccccc5c5ccccc54)cc3c3cccnc32)c1. The molecule has 10 aromatic rings. The Morgan fingerprint density at radius 1 is 0.311 bits per heavy atom. The molecule has 0 unspecified atom stereocenters. The van der Waals surface area contributed by atoms with Crippen LogP contribution >= 0.6 is 0 Å². The van der Waals surface area contributed by atoms with Crippen molar-refractivity contribution in [1.82, 2.24) is 18.7 Å². The van der Waals surface area contributed by atoms with Gasteiger partial charge in [0.1, 0.15) is 5.65 Å². The zero-order valence-corrected chi connectivity index (χ0v) is 24.3. The number of aromatic nitrogens is 4. The molecule has 0 N–H and O–H groups in total. The minimum atomic E-state index is 0.950. The number of hydrogen-bond acceptors (Lipinski definition) is 1. The van der Waals surface area contributed by atoms with Crippen LogP contribution in [-0.2, 0) is 0 Å². The number of para-hydroxylation sites is 4. The van der Waals surface area contributed by atoms with Gasteiger partial charge in [-0.1, -0.05) is 78.9 Å². The molecule has 6 aromatic carbocycles. The van der Waals surface area contributed by atoms with Crippen molar-refractivity contribution < 1.29 is 0 Å². The molecule has 4 nitrogen and oxygen atoms in total. The van der Waals surface area contributed by atoms with Gasteiger partial charge in [-0.05, 0) is 72.8 Å². The summed E-state index contributed by atoms with van der Waals surface area (Å²) in [6.07, 6.45) is 1.89. The van der Waals surface area contributed by atoms with Crippen molar-refractivity contribution in [3.63, 3.8) is 0 Å². The molecule has 45 heavy (non-hydrogen) atoms. The van der Waals surface area contributed by atoms with E-state index in [1.165, 1.54) is 49.0 Å². The van der Waals surface area contributed by atoms with Gasteiger partial charge in [-0.25, -0.2) is 4.98 Å². The maximum Gasteiger partial charge on any atom is 0.145 e. The second-order valence-corrected chi connectivity index (χ2v) is 11.7. The lowest BCUT2D eigenvalue weighted by atomic mass is 10.1. The Balaban J connectivity index is 1.22. The number of hydrogen-bond donors (Lipinski definition) is 0. The minimum absolute atomic E-state index is 0.950. The van der Waals surface area contributed by atoms with Gasteiger partial charge in [0.15, 0.2) is 0 Å². The van der Waals surface area contributed by atoms with E-state index >= 15 is 0 Å². The van der Waals surface area contributed by atoms with Crippen LogP contribution in [0.25, 0.3) is 82.6 Å². The van der Waals surface area contributed by atoms with Crippen LogP contribution < -0.4 is 0 Å². The van der Waals surface area contributed by atoms with Crippen molar-refractivity contribution >= 4 is 65.5 Å². The molecule has 0 radical (unpaired) electrons. The smallest absolute Gasteiger partial charge is 0.145 e.